The van der Waals surface area contributed by atoms with E-state index >= 15 is 0 Å². The third kappa shape index (κ3) is 8.13. The molecule has 0 unspecified atom stereocenters. The zero-order chi connectivity index (χ0) is 40.2. The molecule has 7 rings (SSSR count). The highest BCUT2D eigenvalue weighted by molar-refractivity contribution is 6.07. The van der Waals surface area contributed by atoms with Gasteiger partial charge in [-0.3, -0.25) is 28.8 Å². The number of hydrogen-bond donors (Lipinski definition) is 3. The maximum absolute atomic E-state index is 14.1. The van der Waals surface area contributed by atoms with Crippen LogP contribution in [0.15, 0.2) is 54.6 Å². The molecule has 3 atom stereocenters. The predicted octanol–water partition coefficient (Wildman–Crippen LogP) is 4.17. The summed E-state index contributed by atoms with van der Waals surface area (Å²) in [5.41, 5.74) is 3.81. The van der Waals surface area contributed by atoms with Crippen molar-refractivity contribution in [2.45, 2.75) is 76.5 Å². The molecule has 57 heavy (non-hydrogen) atoms. The Kier molecular flexibility index (Phi) is 12.0. The van der Waals surface area contributed by atoms with E-state index in [0.717, 1.165) is 0 Å². The topological polar surface area (TPSA) is 176 Å². The van der Waals surface area contributed by atoms with Crippen molar-refractivity contribution in [1.29, 1.82) is 0 Å². The summed E-state index contributed by atoms with van der Waals surface area (Å²) in [5.74, 6) is -2.40. The summed E-state index contributed by atoms with van der Waals surface area (Å²) in [5, 5.41) is 8.91. The number of anilines is 3. The largest absolute Gasteiger partial charge is 0.380 e. The number of carbonyl (C=O) groups is 6. The Balaban J connectivity index is 1.30. The highest BCUT2D eigenvalue weighted by Gasteiger charge is 2.39. The number of nitrogens with one attached hydrogen (secondary N) is 3. The van der Waals surface area contributed by atoms with Crippen LogP contribution in [0.2, 0.25) is 0 Å². The van der Waals surface area contributed by atoms with Crippen molar-refractivity contribution in [2.75, 3.05) is 56.9 Å². The van der Waals surface area contributed by atoms with Gasteiger partial charge in [0.2, 0.25) is 17.7 Å². The summed E-state index contributed by atoms with van der Waals surface area (Å²) in [4.78, 5) is 88.9. The Morgan fingerprint density at radius 1 is 0.474 bits per heavy atom. The first-order valence-corrected chi connectivity index (χ1v) is 19.3. The Bertz CT molecular complexity index is 1860. The van der Waals surface area contributed by atoms with Crippen LogP contribution < -0.4 is 16.0 Å². The third-order valence-electron chi connectivity index (χ3n) is 11.2. The van der Waals surface area contributed by atoms with E-state index in [2.05, 4.69) is 16.0 Å². The van der Waals surface area contributed by atoms with Gasteiger partial charge in [-0.2, -0.15) is 0 Å². The maximum Gasteiger partial charge on any atom is 0.254 e. The van der Waals surface area contributed by atoms with Crippen molar-refractivity contribution in [2.24, 2.45) is 0 Å². The monoisotopic (exact) mass is 780 g/mol. The number of nitrogens with zero attached hydrogens (tertiary/aromatic N) is 3. The van der Waals surface area contributed by atoms with Gasteiger partial charge in [0, 0.05) is 91.4 Å². The van der Waals surface area contributed by atoms with Crippen molar-refractivity contribution >= 4 is 52.5 Å². The number of carbonyl (C=O) groups excluding carboxylic acids is 6. The van der Waals surface area contributed by atoms with E-state index < -0.39 is 35.8 Å². The highest BCUT2D eigenvalue weighted by Crippen LogP contribution is 2.31. The van der Waals surface area contributed by atoms with E-state index in [1.807, 2.05) is 0 Å². The van der Waals surface area contributed by atoms with Gasteiger partial charge in [0.1, 0.15) is 18.1 Å². The van der Waals surface area contributed by atoms with Crippen LogP contribution >= 0.6 is 0 Å². The van der Waals surface area contributed by atoms with E-state index in [4.69, 9.17) is 14.2 Å². The minimum atomic E-state index is -0.806. The number of hydrogen-bond acceptors (Lipinski definition) is 9. The first-order valence-electron chi connectivity index (χ1n) is 19.3. The van der Waals surface area contributed by atoms with Gasteiger partial charge >= 0.3 is 0 Å². The normalized spacial score (nSPS) is 21.7. The number of fused-ring (bicyclic) bond motifs is 9. The molecule has 6 amide bonds. The van der Waals surface area contributed by atoms with Crippen LogP contribution in [0.5, 0.6) is 0 Å². The van der Waals surface area contributed by atoms with Crippen molar-refractivity contribution < 1.29 is 43.0 Å². The smallest absolute Gasteiger partial charge is 0.254 e. The molecule has 3 aromatic carbocycles. The number of ether oxygens (including phenoxy) is 3. The average molecular weight is 781 g/mol. The molecule has 6 bridgehead atoms. The summed E-state index contributed by atoms with van der Waals surface area (Å²) in [7, 11) is 4.58. The predicted molar refractivity (Wildman–Crippen MR) is 210 cm³/mol. The fourth-order valence-electron chi connectivity index (χ4n) is 8.31. The van der Waals surface area contributed by atoms with Crippen molar-refractivity contribution in [3.63, 3.8) is 0 Å². The quantitative estimate of drug-likeness (QED) is 0.332. The van der Waals surface area contributed by atoms with Gasteiger partial charge in [0.25, 0.3) is 17.7 Å². The summed E-state index contributed by atoms with van der Waals surface area (Å²) >= 11 is 0. The molecule has 3 aromatic rings. The molecule has 0 saturated carbocycles. The first-order chi connectivity index (χ1) is 27.6. The Labute approximate surface area is 331 Å². The molecule has 4 aliphatic rings. The molecular formula is C42H48N6O9. The summed E-state index contributed by atoms with van der Waals surface area (Å²) in [6, 6.07) is 12.4. The second kappa shape index (κ2) is 17.2. The maximum atomic E-state index is 14.1. The molecule has 4 heterocycles. The number of methoxy groups -OCH3 is 3. The van der Waals surface area contributed by atoms with Gasteiger partial charge in [-0.25, -0.2) is 0 Å². The standard InChI is InChI=1S/C42H48N6O9/c1-55-22-28-13-10-25-19-31(28)43-37(49)34-7-4-16-46(34)41(53)26-11-14-29(23-56-2)32(20-26)45-39(51)36-9-6-18-48(36)42(54)27-12-15-30(24-57-3)33(21-27)44-38(50)35-8-5-17-47(35)40(25)52/h10-15,19-21,34-36H,4-9,16-18,22-24H2,1-3H3,(H,43,49)(H,44,50)(H,45,51)/t34-,35-,36-/m0/s1. The van der Waals surface area contributed by atoms with Crippen LogP contribution in [0.4, 0.5) is 17.1 Å². The highest BCUT2D eigenvalue weighted by atomic mass is 16.5. The van der Waals surface area contributed by atoms with Crippen molar-refractivity contribution in [3.8, 4) is 0 Å². The van der Waals surface area contributed by atoms with E-state index in [-0.39, 0.29) is 54.2 Å². The minimum absolute atomic E-state index is 0.151. The second-order valence-corrected chi connectivity index (χ2v) is 14.9. The van der Waals surface area contributed by atoms with Crippen LogP contribution in [0.1, 0.15) is 86.3 Å². The van der Waals surface area contributed by atoms with Crippen LogP contribution in [0.25, 0.3) is 0 Å². The van der Waals surface area contributed by atoms with E-state index in [1.165, 1.54) is 36.0 Å². The fourth-order valence-corrected chi connectivity index (χ4v) is 8.31. The Hall–Kier alpha value is -5.64. The van der Waals surface area contributed by atoms with Crippen LogP contribution in [-0.2, 0) is 48.4 Å². The number of rotatable bonds is 6. The van der Waals surface area contributed by atoms with Gasteiger partial charge < -0.3 is 44.9 Å². The molecule has 3 N–H and O–H groups in total. The SMILES string of the molecule is COCc1ccc2cc1NC(=O)[C@@H]1CCCN1C(=O)c1ccc(COC)c(c1)NC(=O)[C@@H]1CCCN1C(=O)c1ccc(COC)c(c1)NC(=O)[C@@H]1CCCN1C2=O. The molecule has 0 aromatic heterocycles. The van der Waals surface area contributed by atoms with Crippen molar-refractivity contribution in [1.82, 2.24) is 14.7 Å². The zero-order valence-corrected chi connectivity index (χ0v) is 32.4. The van der Waals surface area contributed by atoms with Gasteiger partial charge in [-0.1, -0.05) is 18.2 Å². The molecule has 0 spiro atoms. The fraction of sp³-hybridized carbons (Fsp3) is 0.429. The third-order valence-corrected chi connectivity index (χ3v) is 11.2. The minimum Gasteiger partial charge on any atom is -0.380 e. The van der Waals surface area contributed by atoms with Gasteiger partial charge in [0.05, 0.1) is 19.8 Å². The molecule has 300 valence electrons. The molecule has 3 saturated heterocycles. The lowest BCUT2D eigenvalue weighted by Gasteiger charge is -2.27. The lowest BCUT2D eigenvalue weighted by molar-refractivity contribution is -0.120. The summed E-state index contributed by atoms with van der Waals surface area (Å²) in [6.07, 6.45) is 3.05. The first kappa shape index (κ1) is 39.6. The Morgan fingerprint density at radius 2 is 0.754 bits per heavy atom. The van der Waals surface area contributed by atoms with E-state index in [9.17, 15) is 28.8 Å². The molecule has 3 fully saturated rings. The molecule has 15 heteroatoms. The lowest BCUT2D eigenvalue weighted by atomic mass is 10.0. The lowest BCUT2D eigenvalue weighted by Crippen LogP contribution is -2.44. The van der Waals surface area contributed by atoms with Crippen molar-refractivity contribution in [3.05, 3.63) is 88.0 Å². The van der Waals surface area contributed by atoms with Crippen LogP contribution in [0.3, 0.4) is 0 Å². The summed E-state index contributed by atoms with van der Waals surface area (Å²) < 4.78 is 16.2. The molecular weight excluding hydrogens is 732 g/mol. The number of amides is 6. The molecule has 0 radical (unpaired) electrons. The zero-order valence-electron chi connectivity index (χ0n) is 32.4. The molecule has 4 aliphatic heterocycles. The van der Waals surface area contributed by atoms with E-state index in [0.29, 0.717) is 91.9 Å². The van der Waals surface area contributed by atoms with E-state index in [1.54, 1.807) is 54.6 Å². The van der Waals surface area contributed by atoms with Crippen LogP contribution in [0, 0.1) is 0 Å². The molecule has 0 aliphatic carbocycles. The second-order valence-electron chi connectivity index (χ2n) is 14.9. The van der Waals surface area contributed by atoms with Crippen LogP contribution in [-0.4, -0.2) is 109 Å². The Morgan fingerprint density at radius 3 is 1.02 bits per heavy atom. The molecule has 15 nitrogen and oxygen atoms in total. The average Bonchev–Trinajstić information content (AvgIpc) is 4.01. The summed E-state index contributed by atoms with van der Waals surface area (Å²) in [6.45, 7) is 1.48. The van der Waals surface area contributed by atoms with Gasteiger partial charge in [0.15, 0.2) is 0 Å². The van der Waals surface area contributed by atoms with Gasteiger partial charge in [-0.15, -0.1) is 0 Å². The van der Waals surface area contributed by atoms with Gasteiger partial charge in [-0.05, 0) is 74.9 Å². The number of benzene rings is 3.